The van der Waals surface area contributed by atoms with Crippen LogP contribution in [0.3, 0.4) is 0 Å². The van der Waals surface area contributed by atoms with Crippen LogP contribution in [0.1, 0.15) is 52.9 Å². The molecule has 0 radical (unpaired) electrons. The highest BCUT2D eigenvalue weighted by molar-refractivity contribution is 4.75. The lowest BCUT2D eigenvalue weighted by molar-refractivity contribution is 0.0323. The number of hydrogen-bond acceptors (Lipinski definition) is 2. The predicted molar refractivity (Wildman–Crippen MR) is 69.7 cm³/mol. The molecule has 16 heavy (non-hydrogen) atoms. The summed E-state index contributed by atoms with van der Waals surface area (Å²) in [5, 5.41) is 3.51. The molecule has 2 nitrogen and oxygen atoms in total. The Bertz CT molecular complexity index is 170. The molecule has 0 saturated heterocycles. The minimum atomic E-state index is 0.378. The van der Waals surface area contributed by atoms with Gasteiger partial charge in [0.1, 0.15) is 0 Å². The first-order valence-corrected chi connectivity index (χ1v) is 7.06. The van der Waals surface area contributed by atoms with E-state index < -0.39 is 0 Å². The van der Waals surface area contributed by atoms with Crippen molar-refractivity contribution >= 4 is 0 Å². The second kappa shape index (κ2) is 8.08. The molecule has 1 aliphatic carbocycles. The van der Waals surface area contributed by atoms with E-state index in [0.29, 0.717) is 6.10 Å². The molecule has 0 heterocycles. The van der Waals surface area contributed by atoms with Crippen LogP contribution in [0.15, 0.2) is 0 Å². The van der Waals surface area contributed by atoms with Crippen molar-refractivity contribution in [1.82, 2.24) is 5.32 Å². The van der Waals surface area contributed by atoms with Crippen LogP contribution in [0.5, 0.6) is 0 Å². The monoisotopic (exact) mass is 227 g/mol. The fourth-order valence-corrected chi connectivity index (χ4v) is 2.60. The van der Waals surface area contributed by atoms with E-state index in [2.05, 4.69) is 26.1 Å². The lowest BCUT2D eigenvalue weighted by Crippen LogP contribution is -2.30. The second-order valence-electron chi connectivity index (χ2n) is 5.35. The van der Waals surface area contributed by atoms with E-state index in [0.717, 1.165) is 25.0 Å². The zero-order valence-electron chi connectivity index (χ0n) is 11.3. The zero-order valence-corrected chi connectivity index (χ0v) is 11.3. The molecule has 0 amide bonds. The summed E-state index contributed by atoms with van der Waals surface area (Å²) < 4.78 is 5.82. The normalized spacial score (nSPS) is 27.0. The molecular formula is C14H29NO. The summed E-state index contributed by atoms with van der Waals surface area (Å²) in [7, 11) is 0. The smallest absolute Gasteiger partial charge is 0.0519 e. The average molecular weight is 227 g/mol. The van der Waals surface area contributed by atoms with Crippen LogP contribution in [-0.2, 0) is 4.74 Å². The first kappa shape index (κ1) is 14.0. The van der Waals surface area contributed by atoms with Crippen LogP contribution < -0.4 is 5.32 Å². The van der Waals surface area contributed by atoms with Crippen molar-refractivity contribution in [2.24, 2.45) is 11.8 Å². The van der Waals surface area contributed by atoms with E-state index in [1.165, 1.54) is 38.6 Å². The average Bonchev–Trinajstić information content (AvgIpc) is 2.48. The highest BCUT2D eigenvalue weighted by Crippen LogP contribution is 2.28. The Morgan fingerprint density at radius 3 is 2.44 bits per heavy atom. The van der Waals surface area contributed by atoms with Crippen molar-refractivity contribution in [3.8, 4) is 0 Å². The van der Waals surface area contributed by atoms with E-state index in [1.807, 2.05) is 0 Å². The van der Waals surface area contributed by atoms with E-state index in [4.69, 9.17) is 4.74 Å². The van der Waals surface area contributed by atoms with Gasteiger partial charge in [-0.05, 0) is 51.6 Å². The molecule has 2 atom stereocenters. The molecule has 1 N–H and O–H groups in total. The molecule has 1 saturated carbocycles. The first-order chi connectivity index (χ1) is 7.74. The summed E-state index contributed by atoms with van der Waals surface area (Å²) in [6.07, 6.45) is 7.36. The third kappa shape index (κ3) is 5.31. The summed E-state index contributed by atoms with van der Waals surface area (Å²) in [4.78, 5) is 0. The van der Waals surface area contributed by atoms with Crippen LogP contribution in [0.2, 0.25) is 0 Å². The second-order valence-corrected chi connectivity index (χ2v) is 5.35. The Morgan fingerprint density at radius 1 is 1.12 bits per heavy atom. The van der Waals surface area contributed by atoms with Gasteiger partial charge < -0.3 is 10.1 Å². The van der Waals surface area contributed by atoms with Gasteiger partial charge in [-0.1, -0.05) is 26.2 Å². The number of rotatable bonds is 6. The lowest BCUT2D eigenvalue weighted by atomic mass is 9.88. The molecule has 1 fully saturated rings. The minimum absolute atomic E-state index is 0.378. The van der Waals surface area contributed by atoms with E-state index in [-0.39, 0.29) is 0 Å². The van der Waals surface area contributed by atoms with E-state index in [1.54, 1.807) is 0 Å². The minimum Gasteiger partial charge on any atom is -0.378 e. The van der Waals surface area contributed by atoms with E-state index >= 15 is 0 Å². The Labute approximate surface area is 101 Å². The van der Waals surface area contributed by atoms with Gasteiger partial charge in [0, 0.05) is 0 Å². The van der Waals surface area contributed by atoms with Gasteiger partial charge in [0.15, 0.2) is 0 Å². The SMILES string of the molecule is CCNCC1CCCCCC1COC(C)C. The van der Waals surface area contributed by atoms with Crippen molar-refractivity contribution in [1.29, 1.82) is 0 Å². The van der Waals surface area contributed by atoms with Crippen molar-refractivity contribution in [2.75, 3.05) is 19.7 Å². The maximum absolute atomic E-state index is 5.82. The van der Waals surface area contributed by atoms with Crippen LogP contribution in [-0.4, -0.2) is 25.8 Å². The van der Waals surface area contributed by atoms with Crippen molar-refractivity contribution in [3.63, 3.8) is 0 Å². The van der Waals surface area contributed by atoms with Crippen LogP contribution in [0.4, 0.5) is 0 Å². The van der Waals surface area contributed by atoms with Gasteiger partial charge in [0.2, 0.25) is 0 Å². The van der Waals surface area contributed by atoms with Crippen LogP contribution in [0, 0.1) is 11.8 Å². The molecule has 0 spiro atoms. The van der Waals surface area contributed by atoms with Gasteiger partial charge in [0.05, 0.1) is 12.7 Å². The van der Waals surface area contributed by atoms with Gasteiger partial charge in [0.25, 0.3) is 0 Å². The number of nitrogens with one attached hydrogen (secondary N) is 1. The highest BCUT2D eigenvalue weighted by Gasteiger charge is 2.23. The Balaban J connectivity index is 2.38. The summed E-state index contributed by atoms with van der Waals surface area (Å²) in [5.74, 6) is 1.62. The maximum Gasteiger partial charge on any atom is 0.0519 e. The third-order valence-electron chi connectivity index (χ3n) is 3.62. The quantitative estimate of drug-likeness (QED) is 0.704. The molecule has 1 rings (SSSR count). The van der Waals surface area contributed by atoms with Crippen molar-refractivity contribution in [2.45, 2.75) is 59.0 Å². The molecule has 0 aliphatic heterocycles. The van der Waals surface area contributed by atoms with Crippen molar-refractivity contribution in [3.05, 3.63) is 0 Å². The molecular weight excluding hydrogens is 198 g/mol. The van der Waals surface area contributed by atoms with Crippen molar-refractivity contribution < 1.29 is 4.74 Å². The van der Waals surface area contributed by atoms with Gasteiger partial charge in [-0.3, -0.25) is 0 Å². The molecule has 96 valence electrons. The largest absolute Gasteiger partial charge is 0.378 e. The summed E-state index contributed by atoms with van der Waals surface area (Å²) >= 11 is 0. The summed E-state index contributed by atoms with van der Waals surface area (Å²) in [6.45, 7) is 9.70. The van der Waals surface area contributed by atoms with E-state index in [9.17, 15) is 0 Å². The van der Waals surface area contributed by atoms with Gasteiger partial charge >= 0.3 is 0 Å². The van der Waals surface area contributed by atoms with Gasteiger partial charge in [-0.15, -0.1) is 0 Å². The fraction of sp³-hybridized carbons (Fsp3) is 1.00. The summed E-state index contributed by atoms with van der Waals surface area (Å²) in [5.41, 5.74) is 0. The highest BCUT2D eigenvalue weighted by atomic mass is 16.5. The number of ether oxygens (including phenoxy) is 1. The number of hydrogen-bond donors (Lipinski definition) is 1. The van der Waals surface area contributed by atoms with Gasteiger partial charge in [-0.2, -0.15) is 0 Å². The molecule has 2 unspecified atom stereocenters. The summed E-state index contributed by atoms with van der Waals surface area (Å²) in [6, 6.07) is 0. The predicted octanol–water partition coefficient (Wildman–Crippen LogP) is 3.22. The van der Waals surface area contributed by atoms with Crippen LogP contribution in [0.25, 0.3) is 0 Å². The molecule has 0 aromatic rings. The third-order valence-corrected chi connectivity index (χ3v) is 3.62. The molecule has 0 bridgehead atoms. The fourth-order valence-electron chi connectivity index (χ4n) is 2.60. The first-order valence-electron chi connectivity index (χ1n) is 7.06. The Kier molecular flexibility index (Phi) is 7.06. The molecule has 0 aromatic carbocycles. The standard InChI is InChI=1S/C14H29NO/c1-4-15-10-13-8-6-5-7-9-14(13)11-16-12(2)3/h12-15H,4-11H2,1-3H3. The maximum atomic E-state index is 5.82. The van der Waals surface area contributed by atoms with Crippen LogP contribution >= 0.6 is 0 Å². The lowest BCUT2D eigenvalue weighted by Gasteiger charge is -2.26. The van der Waals surface area contributed by atoms with Gasteiger partial charge in [-0.25, -0.2) is 0 Å². The molecule has 1 aliphatic rings. The molecule has 2 heteroatoms. The Hall–Kier alpha value is -0.0800. The topological polar surface area (TPSA) is 21.3 Å². The Morgan fingerprint density at radius 2 is 1.81 bits per heavy atom. The molecule has 0 aromatic heterocycles. The zero-order chi connectivity index (χ0) is 11.8.